The van der Waals surface area contributed by atoms with Gasteiger partial charge in [-0.15, -0.1) is 11.3 Å². The molecule has 1 saturated carbocycles. The maximum absolute atomic E-state index is 11.6. The van der Waals surface area contributed by atoms with Crippen molar-refractivity contribution in [3.05, 3.63) is 15.0 Å². The van der Waals surface area contributed by atoms with E-state index in [0.717, 1.165) is 16.6 Å². The van der Waals surface area contributed by atoms with Crippen LogP contribution in [0.15, 0.2) is 9.30 Å². The lowest BCUT2D eigenvalue weighted by atomic mass is 10.3. The van der Waals surface area contributed by atoms with Gasteiger partial charge in [0.15, 0.2) is 5.69 Å². The summed E-state index contributed by atoms with van der Waals surface area (Å²) in [6.07, 6.45) is 2.14. The molecule has 0 bridgehead atoms. The number of halogens is 1. The fourth-order valence-electron chi connectivity index (χ4n) is 1.03. The zero-order valence-corrected chi connectivity index (χ0v) is 9.54. The predicted octanol–water partition coefficient (Wildman–Crippen LogP) is 2.19. The minimum absolute atomic E-state index is 0.0279. The molecule has 1 fully saturated rings. The number of thiazole rings is 1. The second kappa shape index (κ2) is 3.06. The first-order chi connectivity index (χ1) is 6.11. The van der Waals surface area contributed by atoms with E-state index in [2.05, 4.69) is 26.2 Å². The van der Waals surface area contributed by atoms with E-state index in [-0.39, 0.29) is 11.4 Å². The van der Waals surface area contributed by atoms with Crippen LogP contribution in [-0.4, -0.2) is 16.4 Å². The molecule has 1 amide bonds. The molecule has 0 aliphatic heterocycles. The van der Waals surface area contributed by atoms with Crippen LogP contribution in [-0.2, 0) is 0 Å². The highest BCUT2D eigenvalue weighted by Gasteiger charge is 2.39. The first-order valence-electron chi connectivity index (χ1n) is 4.02. The van der Waals surface area contributed by atoms with Gasteiger partial charge in [0.05, 0.1) is 5.51 Å². The van der Waals surface area contributed by atoms with Gasteiger partial charge < -0.3 is 5.32 Å². The summed E-state index contributed by atoms with van der Waals surface area (Å²) in [6, 6.07) is 0. The molecule has 0 spiro atoms. The fraction of sp³-hybridized carbons (Fsp3) is 0.500. The molecule has 70 valence electrons. The Morgan fingerprint density at radius 1 is 1.77 bits per heavy atom. The molecule has 2 rings (SSSR count). The van der Waals surface area contributed by atoms with Crippen molar-refractivity contribution in [2.75, 3.05) is 0 Å². The highest BCUT2D eigenvalue weighted by Crippen LogP contribution is 2.35. The predicted molar refractivity (Wildman–Crippen MR) is 54.9 cm³/mol. The minimum atomic E-state index is -0.0758. The number of hydrogen-bond acceptors (Lipinski definition) is 3. The number of nitrogens with one attached hydrogen (secondary N) is 1. The van der Waals surface area contributed by atoms with E-state index in [0.29, 0.717) is 5.69 Å². The maximum atomic E-state index is 11.6. The number of carbonyl (C=O) groups is 1. The zero-order chi connectivity index (χ0) is 9.47. The van der Waals surface area contributed by atoms with E-state index in [4.69, 9.17) is 0 Å². The molecule has 0 unspecified atom stereocenters. The Bertz CT molecular complexity index is 346. The monoisotopic (exact) mass is 260 g/mol. The van der Waals surface area contributed by atoms with Crippen molar-refractivity contribution in [1.29, 1.82) is 0 Å². The fourth-order valence-corrected chi connectivity index (χ4v) is 2.07. The van der Waals surface area contributed by atoms with Crippen LogP contribution in [0.5, 0.6) is 0 Å². The second-order valence-electron chi connectivity index (χ2n) is 3.49. The van der Waals surface area contributed by atoms with Gasteiger partial charge >= 0.3 is 0 Å². The molecule has 5 heteroatoms. The summed E-state index contributed by atoms with van der Waals surface area (Å²) in [5.74, 6) is -0.0758. The van der Waals surface area contributed by atoms with Crippen LogP contribution in [0, 0.1) is 0 Å². The lowest BCUT2D eigenvalue weighted by molar-refractivity contribution is 0.0930. The topological polar surface area (TPSA) is 42.0 Å². The molecule has 0 saturated heterocycles. The smallest absolute Gasteiger partial charge is 0.272 e. The van der Waals surface area contributed by atoms with Gasteiger partial charge in [-0.1, -0.05) is 0 Å². The van der Waals surface area contributed by atoms with E-state index in [1.165, 1.54) is 11.3 Å². The maximum Gasteiger partial charge on any atom is 0.272 e. The van der Waals surface area contributed by atoms with Crippen molar-refractivity contribution >= 4 is 33.2 Å². The lowest BCUT2D eigenvalue weighted by Crippen LogP contribution is -2.34. The van der Waals surface area contributed by atoms with Gasteiger partial charge in [0.1, 0.15) is 3.79 Å². The van der Waals surface area contributed by atoms with Gasteiger partial charge in [-0.2, -0.15) is 0 Å². The molecular weight excluding hydrogens is 252 g/mol. The third-order valence-corrected chi connectivity index (χ3v) is 3.70. The molecule has 1 aliphatic rings. The van der Waals surface area contributed by atoms with E-state index < -0.39 is 0 Å². The first kappa shape index (κ1) is 9.15. The Morgan fingerprint density at radius 2 is 2.46 bits per heavy atom. The number of amides is 1. The molecule has 3 nitrogen and oxygen atoms in total. The number of nitrogens with zero attached hydrogens (tertiary/aromatic N) is 1. The molecule has 13 heavy (non-hydrogen) atoms. The molecule has 0 aromatic carbocycles. The zero-order valence-electron chi connectivity index (χ0n) is 7.13. The van der Waals surface area contributed by atoms with E-state index in [9.17, 15) is 4.79 Å². The summed E-state index contributed by atoms with van der Waals surface area (Å²) in [7, 11) is 0. The molecular formula is C8H9BrN2OS. The lowest BCUT2D eigenvalue weighted by Gasteiger charge is -2.09. The SMILES string of the molecule is CC1(NC(=O)c2ncsc2Br)CC1. The molecule has 1 heterocycles. The first-order valence-corrected chi connectivity index (χ1v) is 5.69. The molecule has 1 N–H and O–H groups in total. The van der Waals surface area contributed by atoms with Crippen molar-refractivity contribution in [2.45, 2.75) is 25.3 Å². The van der Waals surface area contributed by atoms with Crippen molar-refractivity contribution in [3.8, 4) is 0 Å². The van der Waals surface area contributed by atoms with Crippen LogP contribution >= 0.6 is 27.3 Å². The molecule has 0 radical (unpaired) electrons. The molecule has 1 aliphatic carbocycles. The highest BCUT2D eigenvalue weighted by molar-refractivity contribution is 9.11. The Balaban J connectivity index is 2.09. The van der Waals surface area contributed by atoms with Crippen LogP contribution in [0.2, 0.25) is 0 Å². The largest absolute Gasteiger partial charge is 0.345 e. The Labute approximate surface area is 88.7 Å². The van der Waals surface area contributed by atoms with Gasteiger partial charge in [-0.05, 0) is 35.7 Å². The summed E-state index contributed by atoms with van der Waals surface area (Å²) >= 11 is 4.71. The van der Waals surface area contributed by atoms with Crippen molar-refractivity contribution in [1.82, 2.24) is 10.3 Å². The minimum Gasteiger partial charge on any atom is -0.345 e. The normalized spacial score (nSPS) is 18.3. The third-order valence-electron chi connectivity index (χ3n) is 2.15. The number of aromatic nitrogens is 1. The standard InChI is InChI=1S/C8H9BrN2OS/c1-8(2-3-8)11-7(12)5-6(9)13-4-10-5/h4H,2-3H2,1H3,(H,11,12). The summed E-state index contributed by atoms with van der Waals surface area (Å²) in [6.45, 7) is 2.05. The van der Waals surface area contributed by atoms with Crippen molar-refractivity contribution in [3.63, 3.8) is 0 Å². The highest BCUT2D eigenvalue weighted by atomic mass is 79.9. The molecule has 1 aromatic rings. The van der Waals surface area contributed by atoms with Crippen LogP contribution < -0.4 is 5.32 Å². The van der Waals surface area contributed by atoms with Gasteiger partial charge in [-0.25, -0.2) is 4.98 Å². The molecule has 1 aromatic heterocycles. The van der Waals surface area contributed by atoms with Crippen LogP contribution in [0.3, 0.4) is 0 Å². The van der Waals surface area contributed by atoms with Crippen molar-refractivity contribution in [2.24, 2.45) is 0 Å². The summed E-state index contributed by atoms with van der Waals surface area (Å²) in [4.78, 5) is 15.6. The van der Waals surface area contributed by atoms with E-state index >= 15 is 0 Å². The van der Waals surface area contributed by atoms with Gasteiger partial charge in [-0.3, -0.25) is 4.79 Å². The van der Waals surface area contributed by atoms with Crippen LogP contribution in [0.25, 0.3) is 0 Å². The Kier molecular flexibility index (Phi) is 2.15. The van der Waals surface area contributed by atoms with E-state index in [1.807, 2.05) is 6.92 Å². The number of hydrogen-bond donors (Lipinski definition) is 1. The quantitative estimate of drug-likeness (QED) is 0.886. The average molecular weight is 261 g/mol. The third kappa shape index (κ3) is 1.91. The van der Waals surface area contributed by atoms with Crippen LogP contribution in [0.4, 0.5) is 0 Å². The Morgan fingerprint density at radius 3 is 2.92 bits per heavy atom. The van der Waals surface area contributed by atoms with Gasteiger partial charge in [0.25, 0.3) is 5.91 Å². The van der Waals surface area contributed by atoms with E-state index in [1.54, 1.807) is 5.51 Å². The van der Waals surface area contributed by atoms with Crippen LogP contribution in [0.1, 0.15) is 30.3 Å². The summed E-state index contributed by atoms with van der Waals surface area (Å²) < 4.78 is 0.800. The molecule has 0 atom stereocenters. The van der Waals surface area contributed by atoms with Crippen molar-refractivity contribution < 1.29 is 4.79 Å². The average Bonchev–Trinajstić information content (AvgIpc) is 2.63. The second-order valence-corrected chi connectivity index (χ2v) is 5.66. The summed E-state index contributed by atoms with van der Waals surface area (Å²) in [5, 5.41) is 2.95. The number of carbonyl (C=O) groups excluding carboxylic acids is 1. The summed E-state index contributed by atoms with van der Waals surface area (Å²) in [5.41, 5.74) is 2.19. The number of rotatable bonds is 2. The van der Waals surface area contributed by atoms with Gasteiger partial charge in [0.2, 0.25) is 0 Å². The van der Waals surface area contributed by atoms with Gasteiger partial charge in [0, 0.05) is 5.54 Å². The Hall–Kier alpha value is -0.420.